The number of fused-ring (bicyclic) bond motifs is 1. The molecule has 1 atom stereocenters. The normalized spacial score (nSPS) is 12.0. The predicted molar refractivity (Wildman–Crippen MR) is 112 cm³/mol. The van der Waals surface area contributed by atoms with Crippen LogP contribution in [0.2, 0.25) is 0 Å². The number of hydrogen-bond donors (Lipinski definition) is 4. The zero-order valence-corrected chi connectivity index (χ0v) is 16.6. The van der Waals surface area contributed by atoms with Crippen LogP contribution in [-0.4, -0.2) is 29.4 Å². The van der Waals surface area contributed by atoms with Gasteiger partial charge in [-0.05, 0) is 41.8 Å². The van der Waals surface area contributed by atoms with Crippen LogP contribution in [0.25, 0.3) is 10.9 Å². The molecule has 0 saturated carbocycles. The van der Waals surface area contributed by atoms with Crippen LogP contribution in [0.5, 0.6) is 5.75 Å². The maximum Gasteiger partial charge on any atom is 0.256 e. The van der Waals surface area contributed by atoms with Crippen molar-refractivity contribution in [2.75, 3.05) is 6.61 Å². The number of aromatic amines is 1. The summed E-state index contributed by atoms with van der Waals surface area (Å²) in [6.07, 6.45) is 2.16. The number of aromatic nitrogens is 1. The van der Waals surface area contributed by atoms with Crippen molar-refractivity contribution in [3.63, 3.8) is 0 Å². The van der Waals surface area contributed by atoms with E-state index in [1.807, 2.05) is 30.5 Å². The molecule has 0 aliphatic carbocycles. The van der Waals surface area contributed by atoms with Crippen LogP contribution in [0.4, 0.5) is 0 Å². The minimum absolute atomic E-state index is 0.314. The van der Waals surface area contributed by atoms with Gasteiger partial charge >= 0.3 is 0 Å². The summed E-state index contributed by atoms with van der Waals surface area (Å²) >= 11 is 0. The van der Waals surface area contributed by atoms with Crippen LogP contribution in [0.3, 0.4) is 0 Å². The molecule has 0 saturated heterocycles. The highest BCUT2D eigenvalue weighted by molar-refractivity contribution is 5.98. The maximum absolute atomic E-state index is 12.7. The van der Waals surface area contributed by atoms with Gasteiger partial charge in [0.1, 0.15) is 11.8 Å². The van der Waals surface area contributed by atoms with Crippen molar-refractivity contribution in [2.24, 2.45) is 11.8 Å². The smallest absolute Gasteiger partial charge is 0.256 e. The molecule has 0 unspecified atom stereocenters. The number of H-pyrrole nitrogens is 1. The van der Waals surface area contributed by atoms with E-state index in [-0.39, 0.29) is 5.91 Å². The van der Waals surface area contributed by atoms with Crippen molar-refractivity contribution in [3.8, 4) is 5.75 Å². The molecule has 0 fully saturated rings. The van der Waals surface area contributed by atoms with Gasteiger partial charge in [-0.1, -0.05) is 32.0 Å². The molecule has 5 N–H and O–H groups in total. The molecule has 1 aromatic heterocycles. The van der Waals surface area contributed by atoms with Crippen molar-refractivity contribution in [2.45, 2.75) is 26.3 Å². The van der Waals surface area contributed by atoms with E-state index in [9.17, 15) is 9.59 Å². The van der Waals surface area contributed by atoms with Crippen LogP contribution in [0.1, 0.15) is 29.8 Å². The van der Waals surface area contributed by atoms with E-state index in [0.29, 0.717) is 30.3 Å². The zero-order valence-electron chi connectivity index (χ0n) is 16.6. The van der Waals surface area contributed by atoms with Crippen LogP contribution in [0, 0.1) is 5.92 Å². The number of carbonyl (C=O) groups is 2. The lowest BCUT2D eigenvalue weighted by Crippen LogP contribution is -2.50. The molecule has 0 aliphatic heterocycles. The second-order valence-electron chi connectivity index (χ2n) is 7.33. The van der Waals surface area contributed by atoms with Gasteiger partial charge in [0, 0.05) is 29.1 Å². The number of benzene rings is 2. The Hall–Kier alpha value is -3.32. The molecule has 3 aromatic rings. The maximum atomic E-state index is 12.7. The summed E-state index contributed by atoms with van der Waals surface area (Å²) < 4.78 is 5.63. The van der Waals surface area contributed by atoms with E-state index in [1.54, 1.807) is 24.3 Å². The highest BCUT2D eigenvalue weighted by Crippen LogP contribution is 2.19. The number of ether oxygens (including phenoxy) is 1. The zero-order chi connectivity index (χ0) is 20.8. The average molecular weight is 394 g/mol. The molecule has 0 radical (unpaired) electrons. The molecule has 29 heavy (non-hydrogen) atoms. The average Bonchev–Trinajstić information content (AvgIpc) is 3.14. The SMILES string of the molecule is CC(C)COc1ccc(C(=O)N[C@H](Cc2c[nH]c3ccccc23)C(=O)NN)cc1. The minimum atomic E-state index is -0.802. The Labute approximate surface area is 169 Å². The van der Waals surface area contributed by atoms with Gasteiger partial charge in [-0.3, -0.25) is 15.0 Å². The number of hydrogen-bond acceptors (Lipinski definition) is 4. The molecule has 152 valence electrons. The van der Waals surface area contributed by atoms with E-state index in [1.165, 1.54) is 0 Å². The van der Waals surface area contributed by atoms with Crippen molar-refractivity contribution < 1.29 is 14.3 Å². The highest BCUT2D eigenvalue weighted by atomic mass is 16.5. The minimum Gasteiger partial charge on any atom is -0.493 e. The van der Waals surface area contributed by atoms with Gasteiger partial charge in [0.15, 0.2) is 0 Å². The van der Waals surface area contributed by atoms with Gasteiger partial charge in [-0.15, -0.1) is 0 Å². The highest BCUT2D eigenvalue weighted by Gasteiger charge is 2.22. The lowest BCUT2D eigenvalue weighted by Gasteiger charge is -2.17. The molecule has 7 nitrogen and oxygen atoms in total. The van der Waals surface area contributed by atoms with Crippen molar-refractivity contribution >= 4 is 22.7 Å². The van der Waals surface area contributed by atoms with Gasteiger partial charge in [0.25, 0.3) is 11.8 Å². The Morgan fingerprint density at radius 1 is 1.10 bits per heavy atom. The molecule has 7 heteroatoms. The number of rotatable bonds is 8. The standard InChI is InChI=1S/C22H26N4O3/c1-14(2)13-29-17-9-7-15(8-10-17)21(27)25-20(22(28)26-23)11-16-12-24-19-6-4-3-5-18(16)19/h3-10,12,14,20,24H,11,13,23H2,1-2H3,(H,25,27)(H,26,28)/t20-/m1/s1. The van der Waals surface area contributed by atoms with Gasteiger partial charge in [0.05, 0.1) is 6.61 Å². The molecular weight excluding hydrogens is 368 g/mol. The van der Waals surface area contributed by atoms with Crippen LogP contribution >= 0.6 is 0 Å². The van der Waals surface area contributed by atoms with Gasteiger partial charge < -0.3 is 15.0 Å². The molecule has 0 bridgehead atoms. The number of hydrazine groups is 1. The number of nitrogens with one attached hydrogen (secondary N) is 3. The van der Waals surface area contributed by atoms with Crippen molar-refractivity contribution in [1.82, 2.24) is 15.7 Å². The van der Waals surface area contributed by atoms with Gasteiger partial charge in [-0.2, -0.15) is 0 Å². The van der Waals surface area contributed by atoms with E-state index in [0.717, 1.165) is 16.5 Å². The van der Waals surface area contributed by atoms with E-state index >= 15 is 0 Å². The van der Waals surface area contributed by atoms with Crippen LogP contribution in [0.15, 0.2) is 54.7 Å². The summed E-state index contributed by atoms with van der Waals surface area (Å²) in [5.74, 6) is 5.63. The molecule has 3 rings (SSSR count). The topological polar surface area (TPSA) is 109 Å². The third-order valence-electron chi connectivity index (χ3n) is 4.56. The second kappa shape index (κ2) is 9.25. The van der Waals surface area contributed by atoms with Crippen LogP contribution in [-0.2, 0) is 11.2 Å². The first-order chi connectivity index (χ1) is 14.0. The molecule has 0 spiro atoms. The summed E-state index contributed by atoms with van der Waals surface area (Å²) in [5, 5.41) is 3.77. The Balaban J connectivity index is 1.71. The molecule has 2 amide bonds. The van der Waals surface area contributed by atoms with E-state index in [4.69, 9.17) is 10.6 Å². The number of carbonyl (C=O) groups excluding carboxylic acids is 2. The lowest BCUT2D eigenvalue weighted by atomic mass is 10.0. The fourth-order valence-corrected chi connectivity index (χ4v) is 3.04. The fourth-order valence-electron chi connectivity index (χ4n) is 3.04. The fraction of sp³-hybridized carbons (Fsp3) is 0.273. The number of para-hydroxylation sites is 1. The predicted octanol–water partition coefficient (Wildman–Crippen LogP) is 2.53. The Morgan fingerprint density at radius 2 is 1.83 bits per heavy atom. The monoisotopic (exact) mass is 394 g/mol. The number of nitrogens with two attached hydrogens (primary N) is 1. The van der Waals surface area contributed by atoms with Crippen molar-refractivity contribution in [1.29, 1.82) is 0 Å². The molecule has 1 heterocycles. The number of amides is 2. The van der Waals surface area contributed by atoms with E-state index < -0.39 is 11.9 Å². The summed E-state index contributed by atoms with van der Waals surface area (Å²) in [4.78, 5) is 28.1. The third-order valence-corrected chi connectivity index (χ3v) is 4.56. The Bertz CT molecular complexity index is 979. The van der Waals surface area contributed by atoms with Gasteiger partial charge in [-0.25, -0.2) is 5.84 Å². The molecule has 2 aromatic carbocycles. The van der Waals surface area contributed by atoms with E-state index in [2.05, 4.69) is 29.6 Å². The van der Waals surface area contributed by atoms with Gasteiger partial charge in [0.2, 0.25) is 0 Å². The Morgan fingerprint density at radius 3 is 2.52 bits per heavy atom. The molecular formula is C22H26N4O3. The lowest BCUT2D eigenvalue weighted by molar-refractivity contribution is -0.123. The Kier molecular flexibility index (Phi) is 6.51. The summed E-state index contributed by atoms with van der Waals surface area (Å²) in [6, 6.07) is 13.8. The first-order valence-corrected chi connectivity index (χ1v) is 9.57. The quantitative estimate of drug-likeness (QED) is 0.267. The largest absolute Gasteiger partial charge is 0.493 e. The summed E-state index contributed by atoms with van der Waals surface area (Å²) in [6.45, 7) is 4.74. The van der Waals surface area contributed by atoms with Crippen LogP contribution < -0.4 is 21.3 Å². The third kappa shape index (κ3) is 5.14. The second-order valence-corrected chi connectivity index (χ2v) is 7.33. The van der Waals surface area contributed by atoms with Crippen molar-refractivity contribution in [3.05, 3.63) is 65.9 Å². The summed E-state index contributed by atoms with van der Waals surface area (Å²) in [5.41, 5.74) is 4.47. The molecule has 0 aliphatic rings. The summed E-state index contributed by atoms with van der Waals surface area (Å²) in [7, 11) is 0. The first kappa shape index (κ1) is 20.4. The first-order valence-electron chi connectivity index (χ1n) is 9.57.